The normalized spacial score (nSPS) is 28.2. The molecule has 202 valence electrons. The molecule has 0 bridgehead atoms. The van der Waals surface area contributed by atoms with E-state index in [1.807, 2.05) is 0 Å². The zero-order valence-corrected chi connectivity index (χ0v) is 22.3. The molecule has 6 atom stereocenters. The highest BCUT2D eigenvalue weighted by Crippen LogP contribution is 2.63. The van der Waals surface area contributed by atoms with E-state index in [2.05, 4.69) is 41.5 Å². The summed E-state index contributed by atoms with van der Waals surface area (Å²) >= 11 is 0. The van der Waals surface area contributed by atoms with Crippen LogP contribution in [-0.4, -0.2) is 28.3 Å². The van der Waals surface area contributed by atoms with Gasteiger partial charge in [0.05, 0.1) is 5.56 Å². The Kier molecular flexibility index (Phi) is 6.74. The predicted molar refractivity (Wildman–Crippen MR) is 147 cm³/mol. The number of carbonyl (C=O) groups excluding carboxylic acids is 2. The number of aromatic hydroxyl groups is 1. The first-order chi connectivity index (χ1) is 18.9. The smallest absolute Gasteiger partial charge is 0.255 e. The van der Waals surface area contributed by atoms with Crippen LogP contribution in [-0.2, 0) is 11.2 Å². The van der Waals surface area contributed by atoms with Gasteiger partial charge in [0.2, 0.25) is 0 Å². The van der Waals surface area contributed by atoms with Crippen molar-refractivity contribution in [1.82, 2.24) is 10.3 Å². The monoisotopic (exact) mass is 526 g/mol. The third kappa shape index (κ3) is 4.54. The molecule has 6 rings (SSSR count). The van der Waals surface area contributed by atoms with Crippen LogP contribution >= 0.6 is 0 Å². The first-order valence-electron chi connectivity index (χ1n) is 14.2. The summed E-state index contributed by atoms with van der Waals surface area (Å²) in [5.41, 5.74) is 3.34. The van der Waals surface area contributed by atoms with Crippen LogP contribution in [0.1, 0.15) is 78.0 Å². The Morgan fingerprint density at radius 2 is 1.95 bits per heavy atom. The molecule has 0 radical (unpaired) electrons. The summed E-state index contributed by atoms with van der Waals surface area (Å²) in [5.74, 6) is 0.410. The molecular formula is C33H35FN2O3. The van der Waals surface area contributed by atoms with Crippen molar-refractivity contribution in [2.24, 2.45) is 23.2 Å². The van der Waals surface area contributed by atoms with E-state index in [-0.39, 0.29) is 46.2 Å². The number of rotatable bonds is 6. The zero-order valence-electron chi connectivity index (χ0n) is 22.3. The maximum atomic E-state index is 14.4. The Labute approximate surface area is 228 Å². The molecule has 6 heteroatoms. The van der Waals surface area contributed by atoms with Crippen LogP contribution < -0.4 is 5.32 Å². The lowest BCUT2D eigenvalue weighted by molar-refractivity contribution is -0.129. The number of para-hydroxylation sites is 1. The minimum Gasteiger partial charge on any atom is -0.507 e. The van der Waals surface area contributed by atoms with Gasteiger partial charge in [-0.1, -0.05) is 43.3 Å². The summed E-state index contributed by atoms with van der Waals surface area (Å²) in [5, 5.41) is 13.0. The molecule has 1 heterocycles. The molecule has 2 saturated carbocycles. The Hall–Kier alpha value is -3.54. The van der Waals surface area contributed by atoms with Crippen molar-refractivity contribution in [3.8, 4) is 5.75 Å². The van der Waals surface area contributed by atoms with Crippen molar-refractivity contribution >= 4 is 11.7 Å². The van der Waals surface area contributed by atoms with Crippen molar-refractivity contribution in [2.75, 3.05) is 6.54 Å². The van der Waals surface area contributed by atoms with Gasteiger partial charge in [-0.3, -0.25) is 14.6 Å². The molecule has 0 spiro atoms. The average molecular weight is 527 g/mol. The molecule has 1 amide bonds. The van der Waals surface area contributed by atoms with Crippen molar-refractivity contribution in [2.45, 2.75) is 57.3 Å². The van der Waals surface area contributed by atoms with Gasteiger partial charge >= 0.3 is 0 Å². The number of hydrogen-bond acceptors (Lipinski definition) is 4. The second-order valence-corrected chi connectivity index (χ2v) is 11.8. The molecule has 2 aromatic carbocycles. The highest BCUT2D eigenvalue weighted by Gasteiger charge is 2.60. The number of nitrogens with zero attached hydrogens (tertiary/aromatic N) is 1. The number of hydrogen-bond donors (Lipinski definition) is 2. The van der Waals surface area contributed by atoms with Gasteiger partial charge in [-0.15, -0.1) is 0 Å². The third-order valence-electron chi connectivity index (χ3n) is 9.94. The Balaban J connectivity index is 1.31. The van der Waals surface area contributed by atoms with E-state index in [0.717, 1.165) is 25.7 Å². The number of benzene rings is 2. The lowest BCUT2D eigenvalue weighted by Gasteiger charge is -2.50. The van der Waals surface area contributed by atoms with Gasteiger partial charge in [-0.2, -0.15) is 0 Å². The lowest BCUT2D eigenvalue weighted by atomic mass is 9.53. The number of aromatic nitrogens is 1. The van der Waals surface area contributed by atoms with Crippen LogP contribution in [0.5, 0.6) is 5.75 Å². The van der Waals surface area contributed by atoms with Gasteiger partial charge in [-0.25, -0.2) is 4.39 Å². The number of fused-ring (bicyclic) bond motifs is 5. The summed E-state index contributed by atoms with van der Waals surface area (Å²) in [4.78, 5) is 31.0. The highest BCUT2D eigenvalue weighted by molar-refractivity contribution is 5.96. The quantitative estimate of drug-likeness (QED) is 0.402. The van der Waals surface area contributed by atoms with Crippen LogP contribution in [0.4, 0.5) is 4.39 Å². The van der Waals surface area contributed by atoms with E-state index in [1.54, 1.807) is 18.2 Å². The molecule has 3 aliphatic rings. The molecule has 3 aliphatic carbocycles. The fourth-order valence-electron chi connectivity index (χ4n) is 8.16. The van der Waals surface area contributed by atoms with Crippen LogP contribution in [0.3, 0.4) is 0 Å². The van der Waals surface area contributed by atoms with E-state index in [1.165, 1.54) is 35.5 Å². The first kappa shape index (κ1) is 25.7. The number of nitrogens with one attached hydrogen (secondary N) is 1. The summed E-state index contributed by atoms with van der Waals surface area (Å²) in [6, 6.07) is 18.0. The van der Waals surface area contributed by atoms with Gasteiger partial charge in [0.25, 0.3) is 5.91 Å². The Bertz CT molecular complexity index is 1410. The summed E-state index contributed by atoms with van der Waals surface area (Å²) in [6.07, 6.45) is 6.46. The molecule has 1 aromatic heterocycles. The summed E-state index contributed by atoms with van der Waals surface area (Å²) in [7, 11) is 0. The van der Waals surface area contributed by atoms with Crippen LogP contribution in [0.2, 0.25) is 0 Å². The van der Waals surface area contributed by atoms with Gasteiger partial charge < -0.3 is 10.4 Å². The molecule has 3 aromatic rings. The van der Waals surface area contributed by atoms with Crippen molar-refractivity contribution in [3.05, 3.63) is 95.1 Å². The zero-order chi connectivity index (χ0) is 27.1. The van der Waals surface area contributed by atoms with E-state index in [9.17, 15) is 19.1 Å². The maximum absolute atomic E-state index is 14.4. The highest BCUT2D eigenvalue weighted by atomic mass is 19.1. The van der Waals surface area contributed by atoms with Crippen LogP contribution in [0, 0.1) is 29.0 Å². The van der Waals surface area contributed by atoms with Crippen molar-refractivity contribution in [3.63, 3.8) is 0 Å². The fourth-order valence-corrected chi connectivity index (χ4v) is 8.16. The number of Topliss-reactive ketones (excluding diaryl/α,β-unsaturated/α-hetero) is 1. The number of halogens is 1. The molecule has 2 N–H and O–H groups in total. The van der Waals surface area contributed by atoms with Gasteiger partial charge in [-0.05, 0) is 91.2 Å². The average Bonchev–Trinajstić information content (AvgIpc) is 3.21. The largest absolute Gasteiger partial charge is 0.507 e. The lowest BCUT2D eigenvalue weighted by Crippen LogP contribution is -2.45. The first-order valence-corrected chi connectivity index (χ1v) is 14.2. The third-order valence-corrected chi connectivity index (χ3v) is 9.94. The summed E-state index contributed by atoms with van der Waals surface area (Å²) < 4.78 is 14.4. The minimum absolute atomic E-state index is 0.0249. The van der Waals surface area contributed by atoms with Crippen molar-refractivity contribution in [1.29, 1.82) is 0 Å². The minimum atomic E-state index is -0.386. The molecule has 4 unspecified atom stereocenters. The number of aryl methyl sites for hydroxylation is 1. The van der Waals surface area contributed by atoms with Gasteiger partial charge in [0.1, 0.15) is 17.3 Å². The number of ketones is 1. The number of carbonyl (C=O) groups is 2. The Morgan fingerprint density at radius 1 is 1.15 bits per heavy atom. The van der Waals surface area contributed by atoms with E-state index < -0.39 is 0 Å². The second kappa shape index (κ2) is 10.2. The predicted octanol–water partition coefficient (Wildman–Crippen LogP) is 6.18. The van der Waals surface area contributed by atoms with Crippen LogP contribution in [0.25, 0.3) is 0 Å². The SMILES string of the molecule is C[C@]12CCC3c4ccccc4CCC3C1[C@H](C(CCNC(=O)c1ccccc1O)c1cc(F)ccn1)CC2=O. The fraction of sp³-hybridized carbons (Fsp3) is 0.424. The number of phenolic OH excluding ortho intramolecular Hbond substituents is 1. The molecular weight excluding hydrogens is 491 g/mol. The second-order valence-electron chi connectivity index (χ2n) is 11.8. The van der Waals surface area contributed by atoms with Gasteiger partial charge in [0, 0.05) is 36.2 Å². The molecule has 39 heavy (non-hydrogen) atoms. The topological polar surface area (TPSA) is 79.3 Å². The molecule has 5 nitrogen and oxygen atoms in total. The number of amides is 1. The van der Waals surface area contributed by atoms with Crippen molar-refractivity contribution < 1.29 is 19.1 Å². The van der Waals surface area contributed by atoms with E-state index >= 15 is 0 Å². The number of pyridine rings is 1. The molecule has 0 aliphatic heterocycles. The van der Waals surface area contributed by atoms with E-state index in [0.29, 0.717) is 42.7 Å². The van der Waals surface area contributed by atoms with E-state index in [4.69, 9.17) is 0 Å². The molecule has 0 saturated heterocycles. The molecule has 2 fully saturated rings. The number of phenols is 1. The maximum Gasteiger partial charge on any atom is 0.255 e. The van der Waals surface area contributed by atoms with Gasteiger partial charge in [0.15, 0.2) is 0 Å². The van der Waals surface area contributed by atoms with Crippen LogP contribution in [0.15, 0.2) is 66.9 Å². The summed E-state index contributed by atoms with van der Waals surface area (Å²) in [6.45, 7) is 2.49. The standard InChI is InChI=1S/C33H35FN2O3/c1-33-15-12-23-22-7-3-2-6-20(22)10-11-25(23)31(33)27(19-30(33)38)24(28-18-21(34)13-16-35-28)14-17-36-32(39)26-8-4-5-9-29(26)37/h2-9,13,16,18,23-25,27,31,37H,10-12,14-15,17,19H2,1H3,(H,36,39)/t23?,24?,25?,27-,31?,33+/m0/s1. The Morgan fingerprint density at radius 3 is 2.77 bits per heavy atom.